The van der Waals surface area contributed by atoms with Gasteiger partial charge in [-0.05, 0) is 37.1 Å². The molecule has 0 radical (unpaired) electrons. The van der Waals surface area contributed by atoms with Crippen LogP contribution in [-0.2, 0) is 19.4 Å². The quantitative estimate of drug-likeness (QED) is 0.338. The van der Waals surface area contributed by atoms with Gasteiger partial charge in [0.05, 0.1) is 14.2 Å². The van der Waals surface area contributed by atoms with E-state index in [1.807, 2.05) is 18.2 Å². The smallest absolute Gasteiger partial charge is 0.191 e. The molecule has 2 N–H and O–H groups in total. The topological polar surface area (TPSA) is 64.1 Å². The Kier molecular flexibility index (Phi) is 8.88. The van der Waals surface area contributed by atoms with Gasteiger partial charge < -0.3 is 24.8 Å². The predicted octanol–water partition coefficient (Wildman–Crippen LogP) is 3.55. The summed E-state index contributed by atoms with van der Waals surface area (Å²) in [4.78, 5) is 4.31. The second-order valence-electron chi connectivity index (χ2n) is 6.82. The highest BCUT2D eigenvalue weighted by molar-refractivity contribution is 14.0. The fourth-order valence-corrected chi connectivity index (χ4v) is 3.43. The molecule has 2 aromatic carbocycles. The molecule has 29 heavy (non-hydrogen) atoms. The van der Waals surface area contributed by atoms with Gasteiger partial charge in [-0.25, -0.2) is 0 Å². The van der Waals surface area contributed by atoms with Crippen LogP contribution in [-0.4, -0.2) is 39.9 Å². The molecule has 0 aromatic heterocycles. The van der Waals surface area contributed by atoms with Crippen molar-refractivity contribution in [3.05, 3.63) is 53.1 Å². The summed E-state index contributed by atoms with van der Waals surface area (Å²) in [5.74, 6) is 3.47. The van der Waals surface area contributed by atoms with Crippen molar-refractivity contribution >= 4 is 29.9 Å². The molecule has 7 heteroatoms. The minimum atomic E-state index is 0. The molecular weight excluding hydrogens is 481 g/mol. The summed E-state index contributed by atoms with van der Waals surface area (Å²) >= 11 is 0. The molecule has 1 unspecified atom stereocenters. The zero-order chi connectivity index (χ0) is 19.9. The van der Waals surface area contributed by atoms with E-state index < -0.39 is 0 Å². The standard InChI is InChI=1S/C22H29N3O3.HI/c1-15-11-17-12-20(27-4)18(13-21(17)28-15)14-25-22(23-2)24-10-9-16-7-5-6-8-19(16)26-3;/h5-8,12-13,15H,9-11,14H2,1-4H3,(H2,23,24,25);1H. The fourth-order valence-electron chi connectivity index (χ4n) is 3.43. The third-order valence-electron chi connectivity index (χ3n) is 4.85. The van der Waals surface area contributed by atoms with Crippen molar-refractivity contribution in [3.63, 3.8) is 0 Å². The molecule has 0 aliphatic carbocycles. The summed E-state index contributed by atoms with van der Waals surface area (Å²) in [6, 6.07) is 12.2. The minimum Gasteiger partial charge on any atom is -0.496 e. The van der Waals surface area contributed by atoms with Gasteiger partial charge in [0.2, 0.25) is 0 Å². The first kappa shape index (κ1) is 23.1. The molecule has 6 nitrogen and oxygen atoms in total. The Labute approximate surface area is 190 Å². The Bertz CT molecular complexity index is 842. The average molecular weight is 511 g/mol. The molecule has 0 saturated heterocycles. The van der Waals surface area contributed by atoms with Crippen molar-refractivity contribution in [2.24, 2.45) is 4.99 Å². The molecular formula is C22H30IN3O3. The molecule has 1 aliphatic heterocycles. The molecule has 0 bridgehead atoms. The van der Waals surface area contributed by atoms with E-state index in [9.17, 15) is 0 Å². The Morgan fingerprint density at radius 3 is 2.59 bits per heavy atom. The van der Waals surface area contributed by atoms with Crippen LogP contribution in [0.1, 0.15) is 23.6 Å². The van der Waals surface area contributed by atoms with Crippen molar-refractivity contribution in [2.75, 3.05) is 27.8 Å². The van der Waals surface area contributed by atoms with Crippen molar-refractivity contribution in [1.82, 2.24) is 10.6 Å². The maximum Gasteiger partial charge on any atom is 0.191 e. The molecule has 1 atom stereocenters. The summed E-state index contributed by atoms with van der Waals surface area (Å²) < 4.78 is 16.8. The highest BCUT2D eigenvalue weighted by Crippen LogP contribution is 2.34. The fraction of sp³-hybridized carbons (Fsp3) is 0.409. The van der Waals surface area contributed by atoms with Gasteiger partial charge in [-0.3, -0.25) is 4.99 Å². The van der Waals surface area contributed by atoms with Crippen molar-refractivity contribution in [3.8, 4) is 17.2 Å². The van der Waals surface area contributed by atoms with E-state index in [4.69, 9.17) is 14.2 Å². The van der Waals surface area contributed by atoms with Crippen molar-refractivity contribution in [1.29, 1.82) is 0 Å². The number of nitrogens with zero attached hydrogens (tertiary/aromatic N) is 1. The van der Waals surface area contributed by atoms with E-state index >= 15 is 0 Å². The number of fused-ring (bicyclic) bond motifs is 1. The highest BCUT2D eigenvalue weighted by atomic mass is 127. The van der Waals surface area contributed by atoms with E-state index in [0.717, 1.165) is 48.2 Å². The van der Waals surface area contributed by atoms with Crippen LogP contribution in [0.3, 0.4) is 0 Å². The summed E-state index contributed by atoms with van der Waals surface area (Å²) in [6.45, 7) is 3.43. The maximum absolute atomic E-state index is 5.87. The Balaban J connectivity index is 0.00000300. The first-order valence-corrected chi connectivity index (χ1v) is 9.57. The molecule has 0 saturated carbocycles. The minimum absolute atomic E-state index is 0. The first-order chi connectivity index (χ1) is 13.6. The lowest BCUT2D eigenvalue weighted by molar-refractivity contribution is 0.254. The number of guanidine groups is 1. The number of ether oxygens (including phenoxy) is 3. The van der Waals surface area contributed by atoms with E-state index in [0.29, 0.717) is 6.54 Å². The Morgan fingerprint density at radius 2 is 1.86 bits per heavy atom. The SMILES string of the molecule is CN=C(NCCc1ccccc1OC)NCc1cc2c(cc1OC)CC(C)O2.I. The third kappa shape index (κ3) is 5.91. The largest absolute Gasteiger partial charge is 0.496 e. The van der Waals surface area contributed by atoms with Crippen LogP contribution in [0.4, 0.5) is 0 Å². The number of rotatable bonds is 7. The van der Waals surface area contributed by atoms with E-state index in [-0.39, 0.29) is 30.1 Å². The zero-order valence-electron chi connectivity index (χ0n) is 17.5. The first-order valence-electron chi connectivity index (χ1n) is 9.57. The zero-order valence-corrected chi connectivity index (χ0v) is 19.8. The number of nitrogens with one attached hydrogen (secondary N) is 2. The van der Waals surface area contributed by atoms with E-state index in [2.05, 4.69) is 40.7 Å². The maximum atomic E-state index is 5.87. The van der Waals surface area contributed by atoms with Gasteiger partial charge in [-0.15, -0.1) is 24.0 Å². The van der Waals surface area contributed by atoms with Crippen LogP contribution in [0.15, 0.2) is 41.4 Å². The lowest BCUT2D eigenvalue weighted by atomic mass is 10.1. The molecule has 1 heterocycles. The van der Waals surface area contributed by atoms with Crippen LogP contribution in [0.25, 0.3) is 0 Å². The second kappa shape index (κ2) is 11.1. The molecule has 0 fully saturated rings. The number of hydrogen-bond acceptors (Lipinski definition) is 4. The summed E-state index contributed by atoms with van der Waals surface area (Å²) in [5.41, 5.74) is 3.41. The molecule has 158 valence electrons. The molecule has 2 aromatic rings. The molecule has 3 rings (SSSR count). The third-order valence-corrected chi connectivity index (χ3v) is 4.85. The molecule has 0 amide bonds. The van der Waals surface area contributed by atoms with Crippen molar-refractivity contribution in [2.45, 2.75) is 32.4 Å². The van der Waals surface area contributed by atoms with Gasteiger partial charge in [0.15, 0.2) is 5.96 Å². The van der Waals surface area contributed by atoms with Crippen LogP contribution < -0.4 is 24.8 Å². The van der Waals surface area contributed by atoms with E-state index in [1.54, 1.807) is 21.3 Å². The summed E-state index contributed by atoms with van der Waals surface area (Å²) in [7, 11) is 5.16. The number of para-hydroxylation sites is 1. The Hall–Kier alpha value is -2.16. The molecule has 1 aliphatic rings. The normalized spacial score (nSPS) is 15.0. The number of methoxy groups -OCH3 is 2. The van der Waals surface area contributed by atoms with Gasteiger partial charge >= 0.3 is 0 Å². The monoisotopic (exact) mass is 511 g/mol. The van der Waals surface area contributed by atoms with Gasteiger partial charge in [-0.2, -0.15) is 0 Å². The van der Waals surface area contributed by atoms with E-state index in [1.165, 1.54) is 11.1 Å². The van der Waals surface area contributed by atoms with Gasteiger partial charge in [-0.1, -0.05) is 18.2 Å². The highest BCUT2D eigenvalue weighted by Gasteiger charge is 2.21. The lowest BCUT2D eigenvalue weighted by Crippen LogP contribution is -2.38. The number of benzene rings is 2. The van der Waals surface area contributed by atoms with Crippen molar-refractivity contribution < 1.29 is 14.2 Å². The van der Waals surface area contributed by atoms with Crippen LogP contribution in [0.2, 0.25) is 0 Å². The predicted molar refractivity (Wildman–Crippen MR) is 127 cm³/mol. The summed E-state index contributed by atoms with van der Waals surface area (Å²) in [5, 5.41) is 6.70. The summed E-state index contributed by atoms with van der Waals surface area (Å²) in [6.07, 6.45) is 1.98. The molecule has 0 spiro atoms. The lowest BCUT2D eigenvalue weighted by Gasteiger charge is -2.15. The van der Waals surface area contributed by atoms with Gasteiger partial charge in [0, 0.05) is 37.7 Å². The number of aliphatic imine (C=N–C) groups is 1. The average Bonchev–Trinajstić information content (AvgIpc) is 3.08. The second-order valence-corrected chi connectivity index (χ2v) is 6.82. The van der Waals surface area contributed by atoms with Crippen LogP contribution >= 0.6 is 24.0 Å². The van der Waals surface area contributed by atoms with Gasteiger partial charge in [0.25, 0.3) is 0 Å². The number of hydrogen-bond donors (Lipinski definition) is 2. The van der Waals surface area contributed by atoms with Crippen LogP contribution in [0.5, 0.6) is 17.2 Å². The Morgan fingerprint density at radius 1 is 1.10 bits per heavy atom. The van der Waals surface area contributed by atoms with Gasteiger partial charge in [0.1, 0.15) is 23.4 Å². The van der Waals surface area contributed by atoms with Crippen LogP contribution in [0, 0.1) is 0 Å². The number of halogens is 1.